The first-order valence-corrected chi connectivity index (χ1v) is 14.3. The molecule has 1 saturated carbocycles. The van der Waals surface area contributed by atoms with E-state index in [2.05, 4.69) is 21.1 Å². The molecule has 12 heteroatoms. The molecule has 0 spiro atoms. The first-order valence-electron chi connectivity index (χ1n) is 14.3. The number of anilines is 2. The second-order valence-corrected chi connectivity index (χ2v) is 11.3. The van der Waals surface area contributed by atoms with Crippen LogP contribution in [0.4, 0.5) is 21.0 Å². The summed E-state index contributed by atoms with van der Waals surface area (Å²) in [6, 6.07) is 3.95. The molecule has 1 aromatic carbocycles. The molecule has 2 heterocycles. The zero-order valence-electron chi connectivity index (χ0n) is 24.5. The number of ether oxygens (including phenoxy) is 1. The quantitative estimate of drug-likeness (QED) is 0.391. The predicted molar refractivity (Wildman–Crippen MR) is 154 cm³/mol. The molecule has 2 aromatic rings. The van der Waals surface area contributed by atoms with Gasteiger partial charge in [-0.2, -0.15) is 0 Å². The Morgan fingerprint density at radius 1 is 1.20 bits per heavy atom. The minimum atomic E-state index is -0.517. The van der Waals surface area contributed by atoms with Crippen LogP contribution in [0.15, 0.2) is 22.7 Å². The van der Waals surface area contributed by atoms with Gasteiger partial charge in [-0.1, -0.05) is 31.3 Å². The number of hydrogen-bond acceptors (Lipinski definition) is 7. The van der Waals surface area contributed by atoms with Crippen LogP contribution in [-0.2, 0) is 0 Å². The average Bonchev–Trinajstić information content (AvgIpc) is 3.27. The van der Waals surface area contributed by atoms with Gasteiger partial charge in [-0.25, -0.2) is 9.59 Å². The number of rotatable bonds is 7. The third kappa shape index (κ3) is 7.29. The number of benzene rings is 1. The van der Waals surface area contributed by atoms with E-state index in [1.165, 1.54) is 6.42 Å². The topological polar surface area (TPSA) is 149 Å². The summed E-state index contributed by atoms with van der Waals surface area (Å²) in [6.07, 6.45) is 5.02. The van der Waals surface area contributed by atoms with Gasteiger partial charge in [0.15, 0.2) is 5.76 Å². The molecule has 0 saturated heterocycles. The van der Waals surface area contributed by atoms with E-state index in [0.29, 0.717) is 41.7 Å². The number of amides is 5. The van der Waals surface area contributed by atoms with Crippen LogP contribution in [0.3, 0.4) is 0 Å². The molecule has 0 radical (unpaired) electrons. The number of urea groups is 2. The lowest BCUT2D eigenvalue weighted by Gasteiger charge is -2.38. The Morgan fingerprint density at radius 2 is 1.93 bits per heavy atom. The van der Waals surface area contributed by atoms with Crippen molar-refractivity contribution in [2.24, 2.45) is 5.92 Å². The Balaban J connectivity index is 1.54. The van der Waals surface area contributed by atoms with Crippen molar-refractivity contribution in [2.75, 3.05) is 37.4 Å². The van der Waals surface area contributed by atoms with E-state index in [0.717, 1.165) is 25.7 Å². The molecule has 4 rings (SSSR count). The Kier molecular flexibility index (Phi) is 9.74. The zero-order chi connectivity index (χ0) is 29.7. The molecule has 2 aliphatic rings. The van der Waals surface area contributed by atoms with Crippen molar-refractivity contribution in [3.8, 4) is 5.75 Å². The minimum Gasteiger partial charge on any atom is -0.487 e. The van der Waals surface area contributed by atoms with E-state index in [4.69, 9.17) is 9.26 Å². The monoisotopic (exact) mass is 570 g/mol. The van der Waals surface area contributed by atoms with Gasteiger partial charge >= 0.3 is 12.1 Å². The van der Waals surface area contributed by atoms with Crippen LogP contribution >= 0.6 is 0 Å². The summed E-state index contributed by atoms with van der Waals surface area (Å²) in [7, 11) is 1.75. The maximum absolute atomic E-state index is 13.7. The van der Waals surface area contributed by atoms with Gasteiger partial charge in [-0.15, -0.1) is 0 Å². The van der Waals surface area contributed by atoms with E-state index in [9.17, 15) is 19.5 Å². The molecular weight excluding hydrogens is 528 g/mol. The highest BCUT2D eigenvalue weighted by molar-refractivity contribution is 6.03. The standard InChI is InChI=1S/C29H42N6O6/c1-17-14-35(18(2)16-36)27(37)23-13-22(30-28(38)32-26-19(3)33-41-20(26)4)11-12-24(23)40-25(17)15-34(5)29(39)31-21-9-7-6-8-10-21/h11-13,17-18,21,25,36H,6-10,14-16H2,1-5H3,(H,31,39)(H2,30,32,38)/t17-,18+,25+/m1/s1. The van der Waals surface area contributed by atoms with Crippen molar-refractivity contribution in [1.29, 1.82) is 0 Å². The molecule has 5 amide bonds. The molecule has 3 atom stereocenters. The number of fused-ring (bicyclic) bond motifs is 1. The molecule has 1 aliphatic carbocycles. The molecule has 1 aromatic heterocycles. The molecular formula is C29H42N6O6. The highest BCUT2D eigenvalue weighted by atomic mass is 16.5. The summed E-state index contributed by atoms with van der Waals surface area (Å²) in [4.78, 5) is 42.6. The maximum Gasteiger partial charge on any atom is 0.323 e. The third-order valence-corrected chi connectivity index (χ3v) is 7.93. The van der Waals surface area contributed by atoms with Gasteiger partial charge in [-0.05, 0) is 51.8 Å². The molecule has 1 fully saturated rings. The molecule has 4 N–H and O–H groups in total. The highest BCUT2D eigenvalue weighted by Gasteiger charge is 2.34. The number of nitrogens with one attached hydrogen (secondary N) is 3. The van der Waals surface area contributed by atoms with Crippen LogP contribution in [0.2, 0.25) is 0 Å². The van der Waals surface area contributed by atoms with Crippen LogP contribution in [0, 0.1) is 19.8 Å². The number of likely N-dealkylation sites (N-methyl/N-ethyl adjacent to an activating group) is 1. The van der Waals surface area contributed by atoms with E-state index < -0.39 is 18.2 Å². The number of nitrogens with zero attached hydrogens (tertiary/aromatic N) is 3. The normalized spacial score (nSPS) is 20.2. The third-order valence-electron chi connectivity index (χ3n) is 7.93. The second-order valence-electron chi connectivity index (χ2n) is 11.3. The molecule has 1 aliphatic heterocycles. The van der Waals surface area contributed by atoms with Crippen LogP contribution in [-0.4, -0.2) is 83.0 Å². The van der Waals surface area contributed by atoms with E-state index in [1.807, 2.05) is 6.92 Å². The summed E-state index contributed by atoms with van der Waals surface area (Å²) in [5.41, 5.74) is 1.66. The average molecular weight is 571 g/mol. The summed E-state index contributed by atoms with van der Waals surface area (Å²) >= 11 is 0. The van der Waals surface area contributed by atoms with Gasteiger partial charge in [0, 0.05) is 31.2 Å². The molecule has 0 unspecified atom stereocenters. The zero-order valence-corrected chi connectivity index (χ0v) is 24.5. The fraction of sp³-hybridized carbons (Fsp3) is 0.586. The van der Waals surface area contributed by atoms with Crippen molar-refractivity contribution in [3.63, 3.8) is 0 Å². The first kappa shape index (κ1) is 30.2. The number of aliphatic hydroxyl groups excluding tert-OH is 1. The number of carbonyl (C=O) groups excluding carboxylic acids is 3. The van der Waals surface area contributed by atoms with Gasteiger partial charge in [0.2, 0.25) is 0 Å². The SMILES string of the molecule is Cc1noc(C)c1NC(=O)Nc1ccc2c(c1)C(=O)N([C@@H](C)CO)C[C@@H](C)[C@H](CN(C)C(=O)NC1CCCCC1)O2. The Labute approximate surface area is 240 Å². The molecule has 41 heavy (non-hydrogen) atoms. The smallest absolute Gasteiger partial charge is 0.323 e. The lowest BCUT2D eigenvalue weighted by molar-refractivity contribution is 0.0366. The van der Waals surface area contributed by atoms with Gasteiger partial charge in [-0.3, -0.25) is 4.79 Å². The molecule has 0 bridgehead atoms. The van der Waals surface area contributed by atoms with E-state index in [-0.39, 0.29) is 36.1 Å². The Bertz CT molecular complexity index is 1220. The minimum absolute atomic E-state index is 0.135. The summed E-state index contributed by atoms with van der Waals surface area (Å²) in [5.74, 6) is 0.375. The summed E-state index contributed by atoms with van der Waals surface area (Å²) in [6.45, 7) is 7.61. The predicted octanol–water partition coefficient (Wildman–Crippen LogP) is 4.13. The maximum atomic E-state index is 13.7. The van der Waals surface area contributed by atoms with Crippen molar-refractivity contribution >= 4 is 29.3 Å². The van der Waals surface area contributed by atoms with Crippen molar-refractivity contribution in [2.45, 2.75) is 78.0 Å². The number of carbonyl (C=O) groups is 3. The van der Waals surface area contributed by atoms with Gasteiger partial charge < -0.3 is 40.1 Å². The van der Waals surface area contributed by atoms with Crippen LogP contribution in [0.25, 0.3) is 0 Å². The Morgan fingerprint density at radius 3 is 2.59 bits per heavy atom. The fourth-order valence-electron chi connectivity index (χ4n) is 5.34. The fourth-order valence-corrected chi connectivity index (χ4v) is 5.34. The van der Waals surface area contributed by atoms with Crippen molar-refractivity contribution < 1.29 is 28.8 Å². The highest BCUT2D eigenvalue weighted by Crippen LogP contribution is 2.31. The van der Waals surface area contributed by atoms with E-state index in [1.54, 1.807) is 55.8 Å². The van der Waals surface area contributed by atoms with Gasteiger partial charge in [0.1, 0.15) is 23.2 Å². The Hall–Kier alpha value is -3.80. The lowest BCUT2D eigenvalue weighted by atomic mass is 9.96. The van der Waals surface area contributed by atoms with Crippen LogP contribution in [0.5, 0.6) is 5.75 Å². The summed E-state index contributed by atoms with van der Waals surface area (Å²) < 4.78 is 11.5. The van der Waals surface area contributed by atoms with Crippen molar-refractivity contribution in [3.05, 3.63) is 35.2 Å². The number of hydrogen-bond donors (Lipinski definition) is 4. The number of aryl methyl sites for hydroxylation is 2. The lowest BCUT2D eigenvalue weighted by Crippen LogP contribution is -2.52. The van der Waals surface area contributed by atoms with Gasteiger partial charge in [0.25, 0.3) is 5.91 Å². The number of aromatic nitrogens is 1. The number of aliphatic hydroxyl groups is 1. The van der Waals surface area contributed by atoms with Crippen molar-refractivity contribution in [1.82, 2.24) is 20.3 Å². The first-order chi connectivity index (χ1) is 19.6. The summed E-state index contributed by atoms with van der Waals surface area (Å²) in [5, 5.41) is 22.4. The van der Waals surface area contributed by atoms with E-state index >= 15 is 0 Å². The second kappa shape index (κ2) is 13.2. The van der Waals surface area contributed by atoms with Crippen LogP contribution < -0.4 is 20.7 Å². The van der Waals surface area contributed by atoms with Gasteiger partial charge in [0.05, 0.1) is 24.8 Å². The van der Waals surface area contributed by atoms with Crippen LogP contribution in [0.1, 0.15) is 67.8 Å². The molecule has 12 nitrogen and oxygen atoms in total. The largest absolute Gasteiger partial charge is 0.487 e. The molecule has 224 valence electrons.